The SMILES string of the molecule is COc1ccc(C(Br)c2cc3c(s2)CCC3)c(F)c1. The number of ether oxygens (including phenoxy) is 1. The molecule has 3 rings (SSSR count). The zero-order valence-electron chi connectivity index (χ0n) is 10.6. The zero-order chi connectivity index (χ0) is 13.4. The van der Waals surface area contributed by atoms with E-state index >= 15 is 0 Å². The van der Waals surface area contributed by atoms with Gasteiger partial charge in [-0.15, -0.1) is 11.3 Å². The molecule has 0 radical (unpaired) electrons. The molecule has 0 fully saturated rings. The fourth-order valence-corrected chi connectivity index (χ4v) is 4.51. The molecule has 0 aliphatic heterocycles. The van der Waals surface area contributed by atoms with Crippen molar-refractivity contribution in [1.29, 1.82) is 0 Å². The van der Waals surface area contributed by atoms with E-state index in [1.54, 1.807) is 30.6 Å². The minimum Gasteiger partial charge on any atom is -0.497 e. The molecule has 0 saturated carbocycles. The number of benzene rings is 1. The lowest BCUT2D eigenvalue weighted by Gasteiger charge is -2.10. The molecule has 0 N–H and O–H groups in total. The van der Waals surface area contributed by atoms with E-state index in [0.29, 0.717) is 11.3 Å². The van der Waals surface area contributed by atoms with Gasteiger partial charge in [-0.3, -0.25) is 0 Å². The van der Waals surface area contributed by atoms with Crippen molar-refractivity contribution in [2.75, 3.05) is 7.11 Å². The number of rotatable bonds is 3. The number of hydrogen-bond donors (Lipinski definition) is 0. The Morgan fingerprint density at radius 2 is 2.16 bits per heavy atom. The maximum Gasteiger partial charge on any atom is 0.131 e. The summed E-state index contributed by atoms with van der Waals surface area (Å²) in [5.74, 6) is 0.324. The van der Waals surface area contributed by atoms with E-state index in [2.05, 4.69) is 22.0 Å². The lowest BCUT2D eigenvalue weighted by atomic mass is 10.1. The molecule has 1 aromatic carbocycles. The summed E-state index contributed by atoms with van der Waals surface area (Å²) >= 11 is 5.42. The minimum atomic E-state index is -0.227. The van der Waals surface area contributed by atoms with E-state index in [1.807, 2.05) is 0 Å². The first kappa shape index (κ1) is 13.1. The van der Waals surface area contributed by atoms with Gasteiger partial charge in [0.05, 0.1) is 11.9 Å². The van der Waals surface area contributed by atoms with Gasteiger partial charge >= 0.3 is 0 Å². The van der Waals surface area contributed by atoms with Gasteiger partial charge in [0.25, 0.3) is 0 Å². The van der Waals surface area contributed by atoms with Crippen LogP contribution >= 0.6 is 27.3 Å². The minimum absolute atomic E-state index is 0.0750. The average molecular weight is 341 g/mol. The summed E-state index contributed by atoms with van der Waals surface area (Å²) in [6.45, 7) is 0. The largest absolute Gasteiger partial charge is 0.497 e. The molecule has 1 aliphatic rings. The summed E-state index contributed by atoms with van der Waals surface area (Å²) in [7, 11) is 1.55. The first-order valence-electron chi connectivity index (χ1n) is 6.28. The van der Waals surface area contributed by atoms with Gasteiger partial charge in [-0.25, -0.2) is 4.39 Å². The topological polar surface area (TPSA) is 9.23 Å². The van der Waals surface area contributed by atoms with E-state index < -0.39 is 0 Å². The lowest BCUT2D eigenvalue weighted by Crippen LogP contribution is -1.95. The highest BCUT2D eigenvalue weighted by Crippen LogP contribution is 2.41. The second-order valence-electron chi connectivity index (χ2n) is 4.70. The van der Waals surface area contributed by atoms with E-state index in [4.69, 9.17) is 4.74 Å². The second kappa shape index (κ2) is 5.25. The van der Waals surface area contributed by atoms with Crippen molar-refractivity contribution in [3.8, 4) is 5.75 Å². The summed E-state index contributed by atoms with van der Waals surface area (Å²) in [5, 5.41) is 0. The van der Waals surface area contributed by atoms with E-state index in [9.17, 15) is 4.39 Å². The van der Waals surface area contributed by atoms with Crippen LogP contribution in [0.15, 0.2) is 24.3 Å². The van der Waals surface area contributed by atoms with Gasteiger partial charge in [0.1, 0.15) is 11.6 Å². The third-order valence-electron chi connectivity index (χ3n) is 3.50. The molecule has 0 amide bonds. The van der Waals surface area contributed by atoms with E-state index in [0.717, 1.165) is 6.42 Å². The van der Waals surface area contributed by atoms with Crippen molar-refractivity contribution in [2.45, 2.75) is 24.1 Å². The van der Waals surface area contributed by atoms with Crippen LogP contribution in [0.1, 0.15) is 32.1 Å². The van der Waals surface area contributed by atoms with Gasteiger partial charge in [0.2, 0.25) is 0 Å². The monoisotopic (exact) mass is 340 g/mol. The number of fused-ring (bicyclic) bond motifs is 1. The fourth-order valence-electron chi connectivity index (χ4n) is 2.47. The fraction of sp³-hybridized carbons (Fsp3) is 0.333. The van der Waals surface area contributed by atoms with Crippen LogP contribution in [0.3, 0.4) is 0 Å². The Bertz CT molecular complexity index is 587. The maximum atomic E-state index is 14.1. The number of alkyl halides is 1. The number of thiophene rings is 1. The van der Waals surface area contributed by atoms with Crippen LogP contribution in [-0.2, 0) is 12.8 Å². The van der Waals surface area contributed by atoms with Crippen LogP contribution < -0.4 is 4.74 Å². The van der Waals surface area contributed by atoms with Crippen LogP contribution in [0.4, 0.5) is 4.39 Å². The predicted octanol–water partition coefficient (Wildman–Crippen LogP) is 4.87. The number of hydrogen-bond acceptors (Lipinski definition) is 2. The van der Waals surface area contributed by atoms with Gasteiger partial charge < -0.3 is 4.74 Å². The Kier molecular flexibility index (Phi) is 3.63. The molecule has 0 saturated heterocycles. The predicted molar refractivity (Wildman–Crippen MR) is 80.1 cm³/mol. The number of halogens is 2. The zero-order valence-corrected chi connectivity index (χ0v) is 13.0. The smallest absolute Gasteiger partial charge is 0.131 e. The number of aryl methyl sites for hydroxylation is 2. The van der Waals surface area contributed by atoms with Gasteiger partial charge in [0, 0.05) is 21.4 Å². The summed E-state index contributed by atoms with van der Waals surface area (Å²) in [6.07, 6.45) is 3.59. The molecule has 1 atom stereocenters. The summed E-state index contributed by atoms with van der Waals surface area (Å²) in [4.78, 5) is 2.58. The Morgan fingerprint density at radius 1 is 1.32 bits per heavy atom. The van der Waals surface area contributed by atoms with Crippen LogP contribution in [0, 0.1) is 5.82 Å². The molecule has 0 spiro atoms. The molecular weight excluding hydrogens is 327 g/mol. The van der Waals surface area contributed by atoms with Crippen molar-refractivity contribution in [3.05, 3.63) is 51.0 Å². The van der Waals surface area contributed by atoms with Crippen molar-refractivity contribution in [1.82, 2.24) is 0 Å². The molecule has 1 aliphatic carbocycles. The molecule has 100 valence electrons. The van der Waals surface area contributed by atoms with Gasteiger partial charge in [-0.1, -0.05) is 22.0 Å². The Morgan fingerprint density at radius 3 is 2.84 bits per heavy atom. The lowest BCUT2D eigenvalue weighted by molar-refractivity contribution is 0.411. The highest BCUT2D eigenvalue weighted by molar-refractivity contribution is 9.09. The third-order valence-corrected chi connectivity index (χ3v) is 6.09. The van der Waals surface area contributed by atoms with Crippen LogP contribution in [0.25, 0.3) is 0 Å². The summed E-state index contributed by atoms with van der Waals surface area (Å²) in [5.41, 5.74) is 2.11. The van der Waals surface area contributed by atoms with Crippen molar-refractivity contribution < 1.29 is 9.13 Å². The molecule has 1 heterocycles. The first-order chi connectivity index (χ1) is 9.19. The van der Waals surface area contributed by atoms with Gasteiger partial charge in [0.15, 0.2) is 0 Å². The quantitative estimate of drug-likeness (QED) is 0.724. The third kappa shape index (κ3) is 2.43. The highest BCUT2D eigenvalue weighted by atomic mass is 79.9. The molecule has 1 aromatic heterocycles. The summed E-state index contributed by atoms with van der Waals surface area (Å²) < 4.78 is 19.1. The normalized spacial score (nSPS) is 15.3. The molecule has 4 heteroatoms. The Hall–Kier alpha value is -0.870. The van der Waals surface area contributed by atoms with Gasteiger partial charge in [-0.05, 0) is 37.0 Å². The standard InChI is InChI=1S/C15H14BrFOS/c1-18-10-5-6-11(12(17)8-10)15(16)14-7-9-3-2-4-13(9)19-14/h5-8,15H,2-4H2,1H3. The molecule has 0 bridgehead atoms. The first-order valence-corrected chi connectivity index (χ1v) is 8.01. The average Bonchev–Trinajstić information content (AvgIpc) is 2.98. The second-order valence-corrected chi connectivity index (χ2v) is 6.78. The van der Waals surface area contributed by atoms with Crippen LogP contribution in [0.5, 0.6) is 5.75 Å². The summed E-state index contributed by atoms with van der Waals surface area (Å²) in [6, 6.07) is 7.24. The van der Waals surface area contributed by atoms with Crippen LogP contribution in [0.2, 0.25) is 0 Å². The van der Waals surface area contributed by atoms with Crippen molar-refractivity contribution in [3.63, 3.8) is 0 Å². The maximum absolute atomic E-state index is 14.1. The Labute approximate surface area is 124 Å². The molecule has 1 unspecified atom stereocenters. The van der Waals surface area contributed by atoms with Crippen molar-refractivity contribution in [2.24, 2.45) is 0 Å². The van der Waals surface area contributed by atoms with Crippen molar-refractivity contribution >= 4 is 27.3 Å². The molecule has 1 nitrogen and oxygen atoms in total. The number of methoxy groups -OCH3 is 1. The molecular formula is C15H14BrFOS. The van der Waals surface area contributed by atoms with Gasteiger partial charge in [-0.2, -0.15) is 0 Å². The Balaban J connectivity index is 1.92. The van der Waals surface area contributed by atoms with E-state index in [1.165, 1.54) is 34.2 Å². The molecule has 19 heavy (non-hydrogen) atoms. The highest BCUT2D eigenvalue weighted by Gasteiger charge is 2.21. The molecule has 2 aromatic rings. The van der Waals surface area contributed by atoms with Crippen LogP contribution in [-0.4, -0.2) is 7.11 Å². The van der Waals surface area contributed by atoms with E-state index in [-0.39, 0.29) is 10.6 Å².